The molecule has 1 N–H and O–H groups in total. The minimum atomic E-state index is -0.238. The van der Waals surface area contributed by atoms with Gasteiger partial charge >= 0.3 is 0 Å². The van der Waals surface area contributed by atoms with Crippen molar-refractivity contribution in [2.75, 3.05) is 19.0 Å². The number of aryl methyl sites for hydroxylation is 1. The molecule has 0 aliphatic rings. The number of hydrogen-bond donors (Lipinski definition) is 1. The summed E-state index contributed by atoms with van der Waals surface area (Å²) < 4.78 is 6.92. The van der Waals surface area contributed by atoms with Crippen LogP contribution in [0, 0.1) is 6.92 Å². The number of hydrogen-bond acceptors (Lipinski definition) is 4. The molecule has 0 aliphatic heterocycles. The topological polar surface area (TPSA) is 56.1 Å². The molecule has 6 heteroatoms. The summed E-state index contributed by atoms with van der Waals surface area (Å²) in [5, 5.41) is 3.76. The Bertz CT molecular complexity index is 986. The van der Waals surface area contributed by atoms with Crippen molar-refractivity contribution in [2.24, 2.45) is 0 Å². The van der Waals surface area contributed by atoms with Gasteiger partial charge in [0, 0.05) is 30.0 Å². The van der Waals surface area contributed by atoms with Crippen LogP contribution in [0.5, 0.6) is 5.75 Å². The third kappa shape index (κ3) is 4.14. The lowest BCUT2D eigenvalue weighted by atomic mass is 10.0. The number of halogens is 1. The average molecular weight is 384 g/mol. The molecule has 3 rings (SSSR count). The summed E-state index contributed by atoms with van der Waals surface area (Å²) in [6, 6.07) is 13.7. The maximum absolute atomic E-state index is 12.9. The highest BCUT2D eigenvalue weighted by Crippen LogP contribution is 2.29. The van der Waals surface area contributed by atoms with Gasteiger partial charge in [-0.1, -0.05) is 48.9 Å². The molecule has 27 heavy (non-hydrogen) atoms. The van der Waals surface area contributed by atoms with E-state index in [9.17, 15) is 4.79 Å². The molecule has 0 amide bonds. The van der Waals surface area contributed by atoms with Crippen molar-refractivity contribution < 1.29 is 4.74 Å². The smallest absolute Gasteiger partial charge is 0.297 e. The Morgan fingerprint density at radius 1 is 1.26 bits per heavy atom. The second-order valence-electron chi connectivity index (χ2n) is 6.42. The number of ether oxygens (including phenoxy) is 1. The quantitative estimate of drug-likeness (QED) is 0.684. The molecule has 140 valence electrons. The van der Waals surface area contributed by atoms with Crippen LogP contribution in [0.2, 0.25) is 5.02 Å². The molecule has 2 aromatic carbocycles. The summed E-state index contributed by atoms with van der Waals surface area (Å²) in [7, 11) is 1.55. The monoisotopic (exact) mass is 383 g/mol. The zero-order valence-electron chi connectivity index (χ0n) is 15.6. The first kappa shape index (κ1) is 19.0. The molecule has 0 unspecified atom stereocenters. The van der Waals surface area contributed by atoms with E-state index in [1.165, 1.54) is 10.1 Å². The summed E-state index contributed by atoms with van der Waals surface area (Å²) in [5.74, 6) is 1.07. The van der Waals surface area contributed by atoms with Crippen molar-refractivity contribution in [1.82, 2.24) is 9.55 Å². The predicted octanol–water partition coefficient (Wildman–Crippen LogP) is 4.42. The SMILES string of the molecule is COc1cc(Cl)c(C)cc1-n1ccnc(NC[C@@H](C)c2ccccc2)c1=O. The molecule has 1 atom stereocenters. The van der Waals surface area contributed by atoms with Crippen LogP contribution in [-0.2, 0) is 0 Å². The van der Waals surface area contributed by atoms with E-state index >= 15 is 0 Å². The number of rotatable bonds is 6. The van der Waals surface area contributed by atoms with Crippen molar-refractivity contribution >= 4 is 17.4 Å². The molecule has 1 heterocycles. The molecule has 0 fully saturated rings. The molecule has 0 spiro atoms. The summed E-state index contributed by atoms with van der Waals surface area (Å²) in [6.45, 7) is 4.60. The lowest BCUT2D eigenvalue weighted by Crippen LogP contribution is -2.25. The Morgan fingerprint density at radius 2 is 2.00 bits per heavy atom. The fourth-order valence-electron chi connectivity index (χ4n) is 2.87. The van der Waals surface area contributed by atoms with Crippen LogP contribution in [0.3, 0.4) is 0 Å². The number of methoxy groups -OCH3 is 1. The van der Waals surface area contributed by atoms with Crippen LogP contribution in [0.1, 0.15) is 24.0 Å². The molecular formula is C21H22ClN3O2. The van der Waals surface area contributed by atoms with Gasteiger partial charge in [-0.3, -0.25) is 9.36 Å². The van der Waals surface area contributed by atoms with E-state index in [0.29, 0.717) is 28.8 Å². The van der Waals surface area contributed by atoms with Gasteiger partial charge in [0.1, 0.15) is 5.75 Å². The number of aromatic nitrogens is 2. The normalized spacial score (nSPS) is 11.9. The average Bonchev–Trinajstić information content (AvgIpc) is 2.69. The number of nitrogens with zero attached hydrogens (tertiary/aromatic N) is 2. The summed E-state index contributed by atoms with van der Waals surface area (Å²) >= 11 is 6.17. The fraction of sp³-hybridized carbons (Fsp3) is 0.238. The summed E-state index contributed by atoms with van der Waals surface area (Å²) in [5.41, 5.74) is 2.46. The maximum Gasteiger partial charge on any atom is 0.297 e. The second-order valence-corrected chi connectivity index (χ2v) is 6.82. The van der Waals surface area contributed by atoms with Crippen LogP contribution >= 0.6 is 11.6 Å². The Labute approximate surface area is 163 Å². The standard InChI is InChI=1S/C21H22ClN3O2/c1-14-11-18(19(27-3)12-17(14)22)25-10-9-23-20(21(25)26)24-13-15(2)16-7-5-4-6-8-16/h4-12,15H,13H2,1-3H3,(H,23,24)/t15-/m1/s1. The summed E-state index contributed by atoms with van der Waals surface area (Å²) in [6.07, 6.45) is 3.22. The first-order valence-corrected chi connectivity index (χ1v) is 9.10. The molecule has 0 saturated heterocycles. The van der Waals surface area contributed by atoms with Gasteiger partial charge in [-0.2, -0.15) is 0 Å². The Morgan fingerprint density at radius 3 is 2.70 bits per heavy atom. The van der Waals surface area contributed by atoms with E-state index < -0.39 is 0 Å². The predicted molar refractivity (Wildman–Crippen MR) is 109 cm³/mol. The van der Waals surface area contributed by atoms with Gasteiger partial charge in [-0.05, 0) is 30.0 Å². The molecule has 5 nitrogen and oxygen atoms in total. The largest absolute Gasteiger partial charge is 0.495 e. The molecule has 3 aromatic rings. The number of nitrogens with one attached hydrogen (secondary N) is 1. The van der Waals surface area contributed by atoms with Crippen molar-refractivity contribution in [2.45, 2.75) is 19.8 Å². The highest BCUT2D eigenvalue weighted by atomic mass is 35.5. The van der Waals surface area contributed by atoms with Gasteiger partial charge in [0.2, 0.25) is 0 Å². The third-order valence-electron chi connectivity index (χ3n) is 4.50. The first-order chi connectivity index (χ1) is 13.0. The zero-order chi connectivity index (χ0) is 19.4. The minimum Gasteiger partial charge on any atom is -0.495 e. The van der Waals surface area contributed by atoms with Crippen LogP contribution in [0.15, 0.2) is 59.7 Å². The maximum atomic E-state index is 12.9. The van der Waals surface area contributed by atoms with Crippen LogP contribution in [-0.4, -0.2) is 23.2 Å². The van der Waals surface area contributed by atoms with Gasteiger partial charge in [0.25, 0.3) is 5.56 Å². The lowest BCUT2D eigenvalue weighted by Gasteiger charge is -2.16. The number of anilines is 1. The number of benzene rings is 2. The second kappa shape index (κ2) is 8.27. The van der Waals surface area contributed by atoms with Gasteiger partial charge in [0.05, 0.1) is 12.8 Å². The molecule has 0 radical (unpaired) electrons. The third-order valence-corrected chi connectivity index (χ3v) is 4.91. The molecule has 0 aliphatic carbocycles. The Balaban J connectivity index is 1.89. The van der Waals surface area contributed by atoms with Gasteiger partial charge in [0.15, 0.2) is 5.82 Å². The van der Waals surface area contributed by atoms with E-state index in [0.717, 1.165) is 5.56 Å². The van der Waals surface area contributed by atoms with E-state index in [2.05, 4.69) is 29.4 Å². The van der Waals surface area contributed by atoms with Crippen molar-refractivity contribution in [3.63, 3.8) is 0 Å². The highest BCUT2D eigenvalue weighted by molar-refractivity contribution is 6.31. The van der Waals surface area contributed by atoms with Crippen molar-refractivity contribution in [3.05, 3.63) is 81.4 Å². The highest BCUT2D eigenvalue weighted by Gasteiger charge is 2.14. The van der Waals surface area contributed by atoms with Crippen molar-refractivity contribution in [3.8, 4) is 11.4 Å². The molecule has 0 saturated carbocycles. The van der Waals surface area contributed by atoms with Gasteiger partial charge < -0.3 is 10.1 Å². The minimum absolute atomic E-state index is 0.238. The molecular weight excluding hydrogens is 362 g/mol. The van der Waals surface area contributed by atoms with Gasteiger partial charge in [-0.15, -0.1) is 0 Å². The van der Waals surface area contributed by atoms with E-state index in [-0.39, 0.29) is 11.5 Å². The summed E-state index contributed by atoms with van der Waals surface area (Å²) in [4.78, 5) is 17.1. The molecule has 1 aromatic heterocycles. The van der Waals surface area contributed by atoms with Crippen molar-refractivity contribution in [1.29, 1.82) is 0 Å². The van der Waals surface area contributed by atoms with Crippen LogP contribution < -0.4 is 15.6 Å². The lowest BCUT2D eigenvalue weighted by molar-refractivity contribution is 0.412. The molecule has 0 bridgehead atoms. The zero-order valence-corrected chi connectivity index (χ0v) is 16.3. The van der Waals surface area contributed by atoms with E-state index in [4.69, 9.17) is 16.3 Å². The fourth-order valence-corrected chi connectivity index (χ4v) is 3.03. The van der Waals surface area contributed by atoms with Gasteiger partial charge in [-0.25, -0.2) is 4.98 Å². The first-order valence-electron chi connectivity index (χ1n) is 8.72. The van der Waals surface area contributed by atoms with E-state index in [1.54, 1.807) is 25.6 Å². The Hall–Kier alpha value is -2.79. The van der Waals surface area contributed by atoms with E-state index in [1.807, 2.05) is 31.2 Å². The Kier molecular flexibility index (Phi) is 5.81. The van der Waals surface area contributed by atoms with Crippen LogP contribution in [0.4, 0.5) is 5.82 Å². The van der Waals surface area contributed by atoms with Crippen LogP contribution in [0.25, 0.3) is 5.69 Å².